The molecule has 1 aliphatic carbocycles. The summed E-state index contributed by atoms with van der Waals surface area (Å²) in [6.07, 6.45) is 5.49. The summed E-state index contributed by atoms with van der Waals surface area (Å²) in [7, 11) is 1.88. The number of rotatable bonds is 6. The Labute approximate surface area is 232 Å². The average Bonchev–Trinajstić information content (AvgIpc) is 3.72. The summed E-state index contributed by atoms with van der Waals surface area (Å²) in [4.78, 5) is 4.93. The smallest absolute Gasteiger partial charge is 0.130 e. The molecule has 1 saturated heterocycles. The number of aryl methyl sites for hydroxylation is 2. The molecule has 206 valence electrons. The molecule has 0 unspecified atom stereocenters. The van der Waals surface area contributed by atoms with Crippen molar-refractivity contribution in [1.82, 2.24) is 24.5 Å². The van der Waals surface area contributed by atoms with E-state index in [4.69, 9.17) is 9.72 Å². The van der Waals surface area contributed by atoms with Crippen molar-refractivity contribution in [3.05, 3.63) is 77.4 Å². The Bertz CT molecular complexity index is 1690. The molecular formula is C32H34FN5O2. The standard InChI is InChI=1S/C32H34FN5O2/c1-19-30(37(3)36-35-19)22-15-28-29(34-18-22)24-16-26(33)25(32(2,39)23-9-10-23)17-27(24)38(28)31(20-7-5-4-6-8-20)21-11-13-40-14-12-21/h4-8,15-18,21,23,31,39H,9-14H2,1-3H3/t31-,32+/m1/s1. The molecule has 0 radical (unpaired) electrons. The van der Waals surface area contributed by atoms with Crippen molar-refractivity contribution in [3.8, 4) is 11.3 Å². The van der Waals surface area contributed by atoms with Gasteiger partial charge in [-0.1, -0.05) is 35.5 Å². The van der Waals surface area contributed by atoms with Crippen molar-refractivity contribution >= 4 is 21.9 Å². The van der Waals surface area contributed by atoms with E-state index in [0.29, 0.717) is 24.7 Å². The molecule has 7 nitrogen and oxygen atoms in total. The number of ether oxygens (including phenoxy) is 1. The molecule has 8 heteroatoms. The first-order valence-corrected chi connectivity index (χ1v) is 14.2. The van der Waals surface area contributed by atoms with E-state index in [2.05, 4.69) is 45.2 Å². The quantitative estimate of drug-likeness (QED) is 0.284. The molecule has 1 saturated carbocycles. The highest BCUT2D eigenvalue weighted by atomic mass is 19.1. The molecule has 3 aromatic heterocycles. The van der Waals surface area contributed by atoms with Gasteiger partial charge in [0.1, 0.15) is 5.82 Å². The van der Waals surface area contributed by atoms with E-state index in [9.17, 15) is 5.11 Å². The fraction of sp³-hybridized carbons (Fsp3) is 0.406. The van der Waals surface area contributed by atoms with Crippen LogP contribution in [-0.4, -0.2) is 42.9 Å². The molecule has 1 aliphatic heterocycles. The van der Waals surface area contributed by atoms with Gasteiger partial charge in [0.2, 0.25) is 0 Å². The van der Waals surface area contributed by atoms with Crippen LogP contribution in [0.1, 0.15) is 55.5 Å². The van der Waals surface area contributed by atoms with Crippen LogP contribution in [0, 0.1) is 24.6 Å². The van der Waals surface area contributed by atoms with Gasteiger partial charge in [0, 0.05) is 43.0 Å². The van der Waals surface area contributed by atoms with Crippen LogP contribution in [0.15, 0.2) is 54.7 Å². The van der Waals surface area contributed by atoms with Crippen LogP contribution in [0.2, 0.25) is 0 Å². The molecule has 0 amide bonds. The van der Waals surface area contributed by atoms with Gasteiger partial charge in [0.15, 0.2) is 0 Å². The predicted octanol–water partition coefficient (Wildman–Crippen LogP) is 6.07. The third kappa shape index (κ3) is 4.04. The van der Waals surface area contributed by atoms with Crippen LogP contribution in [0.4, 0.5) is 4.39 Å². The lowest BCUT2D eigenvalue weighted by atomic mass is 9.86. The summed E-state index contributed by atoms with van der Waals surface area (Å²) in [5.74, 6) is 0.00206. The number of aromatic nitrogens is 5. The molecule has 0 bridgehead atoms. The minimum absolute atomic E-state index is 0.0166. The number of halogens is 1. The van der Waals surface area contributed by atoms with Crippen LogP contribution in [-0.2, 0) is 17.4 Å². The van der Waals surface area contributed by atoms with Gasteiger partial charge in [0.25, 0.3) is 0 Å². The van der Waals surface area contributed by atoms with Gasteiger partial charge in [0.05, 0.1) is 39.6 Å². The van der Waals surface area contributed by atoms with Gasteiger partial charge in [-0.3, -0.25) is 4.98 Å². The maximum atomic E-state index is 15.8. The van der Waals surface area contributed by atoms with E-state index < -0.39 is 5.60 Å². The van der Waals surface area contributed by atoms with Gasteiger partial charge in [-0.2, -0.15) is 0 Å². The highest BCUT2D eigenvalue weighted by molar-refractivity contribution is 6.07. The third-order valence-corrected chi connectivity index (χ3v) is 9.05. The molecule has 2 aromatic carbocycles. The summed E-state index contributed by atoms with van der Waals surface area (Å²) in [5.41, 5.74) is 5.52. The Morgan fingerprint density at radius 2 is 1.80 bits per heavy atom. The normalized spacial score (nSPS) is 18.8. The van der Waals surface area contributed by atoms with Crippen molar-refractivity contribution in [3.63, 3.8) is 0 Å². The molecule has 0 spiro atoms. The fourth-order valence-corrected chi connectivity index (χ4v) is 6.78. The van der Waals surface area contributed by atoms with Crippen LogP contribution in [0.5, 0.6) is 0 Å². The SMILES string of the molecule is Cc1nnn(C)c1-c1cnc2c3cc(F)c([C@@](C)(O)C4CC4)cc3n([C@H](c3ccccc3)C3CCOCC3)c2c1. The van der Waals surface area contributed by atoms with Crippen LogP contribution in [0.3, 0.4) is 0 Å². The second-order valence-corrected chi connectivity index (χ2v) is 11.7. The number of aliphatic hydroxyl groups is 1. The van der Waals surface area contributed by atoms with E-state index >= 15 is 4.39 Å². The molecule has 2 fully saturated rings. The summed E-state index contributed by atoms with van der Waals surface area (Å²) in [6, 6.07) is 16.1. The van der Waals surface area contributed by atoms with E-state index in [0.717, 1.165) is 64.6 Å². The average molecular weight is 540 g/mol. The number of hydrogen-bond acceptors (Lipinski definition) is 5. The highest BCUT2D eigenvalue weighted by Gasteiger charge is 2.43. The predicted molar refractivity (Wildman–Crippen MR) is 152 cm³/mol. The fourth-order valence-electron chi connectivity index (χ4n) is 6.78. The summed E-state index contributed by atoms with van der Waals surface area (Å²) < 4.78 is 25.7. The van der Waals surface area contributed by atoms with Gasteiger partial charge < -0.3 is 14.4 Å². The van der Waals surface area contributed by atoms with Gasteiger partial charge in [-0.15, -0.1) is 5.10 Å². The van der Waals surface area contributed by atoms with E-state index in [1.54, 1.807) is 17.7 Å². The Morgan fingerprint density at radius 3 is 2.48 bits per heavy atom. The lowest BCUT2D eigenvalue weighted by Gasteiger charge is -2.33. The Kier molecular flexibility index (Phi) is 6.02. The summed E-state index contributed by atoms with van der Waals surface area (Å²) in [6.45, 7) is 5.12. The highest BCUT2D eigenvalue weighted by Crippen LogP contribution is 2.48. The minimum atomic E-state index is -1.23. The van der Waals surface area contributed by atoms with E-state index in [-0.39, 0.29) is 17.8 Å². The van der Waals surface area contributed by atoms with Crippen molar-refractivity contribution in [2.75, 3.05) is 13.2 Å². The Balaban J connectivity index is 1.56. The van der Waals surface area contributed by atoms with Crippen molar-refractivity contribution in [2.45, 2.75) is 51.2 Å². The van der Waals surface area contributed by atoms with Crippen molar-refractivity contribution < 1.29 is 14.2 Å². The molecule has 7 rings (SSSR count). The Morgan fingerprint density at radius 1 is 1.05 bits per heavy atom. The minimum Gasteiger partial charge on any atom is -0.385 e. The van der Waals surface area contributed by atoms with E-state index in [1.165, 1.54) is 5.56 Å². The number of pyridine rings is 1. The first kappa shape index (κ1) is 25.4. The first-order chi connectivity index (χ1) is 19.3. The topological polar surface area (TPSA) is 78.0 Å². The summed E-state index contributed by atoms with van der Waals surface area (Å²) in [5, 5.41) is 20.7. The molecule has 4 heterocycles. The van der Waals surface area contributed by atoms with Crippen LogP contribution >= 0.6 is 0 Å². The molecule has 40 heavy (non-hydrogen) atoms. The molecule has 2 aliphatic rings. The van der Waals surface area contributed by atoms with Gasteiger partial charge in [-0.25, -0.2) is 9.07 Å². The zero-order chi connectivity index (χ0) is 27.6. The number of hydrogen-bond donors (Lipinski definition) is 1. The van der Waals surface area contributed by atoms with Gasteiger partial charge >= 0.3 is 0 Å². The first-order valence-electron chi connectivity index (χ1n) is 14.2. The number of fused-ring (bicyclic) bond motifs is 3. The van der Waals surface area contributed by atoms with Crippen LogP contribution in [0.25, 0.3) is 33.2 Å². The molecule has 1 N–H and O–H groups in total. The largest absolute Gasteiger partial charge is 0.385 e. The van der Waals surface area contributed by atoms with Crippen molar-refractivity contribution in [2.24, 2.45) is 18.9 Å². The lowest BCUT2D eigenvalue weighted by molar-refractivity contribution is 0.0296. The number of nitrogens with zero attached hydrogens (tertiary/aromatic N) is 5. The second-order valence-electron chi connectivity index (χ2n) is 11.7. The van der Waals surface area contributed by atoms with Crippen LogP contribution < -0.4 is 0 Å². The third-order valence-electron chi connectivity index (χ3n) is 9.05. The molecule has 2 atom stereocenters. The van der Waals surface area contributed by atoms with E-state index in [1.807, 2.05) is 32.3 Å². The zero-order valence-electron chi connectivity index (χ0n) is 23.1. The number of benzene rings is 2. The zero-order valence-corrected chi connectivity index (χ0v) is 23.1. The monoisotopic (exact) mass is 539 g/mol. The Hall–Kier alpha value is -3.62. The molecule has 5 aromatic rings. The second kappa shape index (κ2) is 9.49. The summed E-state index contributed by atoms with van der Waals surface area (Å²) >= 11 is 0. The van der Waals surface area contributed by atoms with Gasteiger partial charge in [-0.05, 0) is 75.1 Å². The maximum absolute atomic E-state index is 15.8. The maximum Gasteiger partial charge on any atom is 0.130 e. The lowest BCUT2D eigenvalue weighted by Crippen LogP contribution is -2.27. The van der Waals surface area contributed by atoms with Crippen molar-refractivity contribution in [1.29, 1.82) is 0 Å². The molecular weight excluding hydrogens is 505 g/mol.